The van der Waals surface area contributed by atoms with Crippen molar-refractivity contribution in [2.24, 2.45) is 10.2 Å². The van der Waals surface area contributed by atoms with E-state index >= 15 is 0 Å². The van der Waals surface area contributed by atoms with Crippen molar-refractivity contribution in [3.05, 3.63) is 59.7 Å². The fourth-order valence-electron chi connectivity index (χ4n) is 2.48. The van der Waals surface area contributed by atoms with Gasteiger partial charge in [-0.05, 0) is 30.3 Å². The largest absolute Gasteiger partial charge is 0.507 e. The number of nitrogens with zero attached hydrogens (tertiary/aromatic N) is 2. The van der Waals surface area contributed by atoms with Crippen molar-refractivity contribution in [1.29, 1.82) is 0 Å². The summed E-state index contributed by atoms with van der Waals surface area (Å²) in [7, 11) is 0. The maximum Gasteiger partial charge on any atom is 0.416 e. The van der Waals surface area contributed by atoms with Crippen LogP contribution in [-0.4, -0.2) is 33.6 Å². The summed E-state index contributed by atoms with van der Waals surface area (Å²) in [6.45, 7) is 0. The van der Waals surface area contributed by atoms with Crippen molar-refractivity contribution in [1.82, 2.24) is 5.32 Å². The number of nitrogens with one attached hydrogen (secondary N) is 2. The summed E-state index contributed by atoms with van der Waals surface area (Å²) in [6.07, 6.45) is -3.47. The quantitative estimate of drug-likeness (QED) is 0.494. The first-order valence-corrected chi connectivity index (χ1v) is 9.44. The molecular weight excluding hydrogens is 421 g/mol. The Bertz CT molecular complexity index is 1020. The van der Waals surface area contributed by atoms with Gasteiger partial charge < -0.3 is 15.7 Å². The number of carbonyl (C=O) groups is 2. The first-order chi connectivity index (χ1) is 14.2. The second-order valence-corrected chi connectivity index (χ2v) is 7.33. The zero-order valence-electron chi connectivity index (χ0n) is 15.2. The fraction of sp³-hybridized carbons (Fsp3) is 0.158. The Morgan fingerprint density at radius 1 is 1.23 bits per heavy atom. The van der Waals surface area contributed by atoms with Crippen LogP contribution in [0.2, 0.25) is 0 Å². The second-order valence-electron chi connectivity index (χ2n) is 6.14. The zero-order valence-corrected chi connectivity index (χ0v) is 16.0. The van der Waals surface area contributed by atoms with Crippen LogP contribution in [0.25, 0.3) is 0 Å². The maximum absolute atomic E-state index is 12.8. The average molecular weight is 436 g/mol. The molecule has 1 saturated heterocycles. The average Bonchev–Trinajstić information content (AvgIpc) is 3.02. The number of para-hydroxylation sites is 1. The molecule has 3 N–H and O–H groups in total. The number of benzene rings is 2. The predicted octanol–water partition coefficient (Wildman–Crippen LogP) is 3.36. The maximum atomic E-state index is 12.8. The van der Waals surface area contributed by atoms with Gasteiger partial charge in [0.1, 0.15) is 11.0 Å². The van der Waals surface area contributed by atoms with Crippen molar-refractivity contribution in [3.63, 3.8) is 0 Å². The smallest absolute Gasteiger partial charge is 0.416 e. The predicted molar refractivity (Wildman–Crippen MR) is 107 cm³/mol. The van der Waals surface area contributed by atoms with E-state index in [-0.39, 0.29) is 23.0 Å². The normalized spacial score (nSPS) is 18.0. The van der Waals surface area contributed by atoms with E-state index < -0.39 is 28.8 Å². The number of rotatable bonds is 5. The highest BCUT2D eigenvalue weighted by Gasteiger charge is 2.33. The minimum absolute atomic E-state index is 0.0145. The number of thioether (sulfide) groups is 1. The van der Waals surface area contributed by atoms with E-state index in [1.165, 1.54) is 24.4 Å². The van der Waals surface area contributed by atoms with E-state index in [1.54, 1.807) is 18.2 Å². The highest BCUT2D eigenvalue weighted by atomic mass is 32.2. The second kappa shape index (κ2) is 8.99. The summed E-state index contributed by atoms with van der Waals surface area (Å²) in [5.41, 5.74) is -0.461. The number of aromatic hydroxyl groups is 1. The van der Waals surface area contributed by atoms with Gasteiger partial charge in [0.15, 0.2) is 5.17 Å². The summed E-state index contributed by atoms with van der Waals surface area (Å²) in [4.78, 5) is 24.1. The lowest BCUT2D eigenvalue weighted by Gasteiger charge is -2.10. The molecule has 1 aliphatic rings. The Morgan fingerprint density at radius 2 is 2.00 bits per heavy atom. The van der Waals surface area contributed by atoms with Crippen molar-refractivity contribution in [3.8, 4) is 5.75 Å². The molecule has 0 spiro atoms. The number of carbonyl (C=O) groups excluding carboxylic acids is 2. The number of hydrogen-bond donors (Lipinski definition) is 3. The third-order valence-corrected chi connectivity index (χ3v) is 4.98. The van der Waals surface area contributed by atoms with Gasteiger partial charge >= 0.3 is 6.18 Å². The third-order valence-electron chi connectivity index (χ3n) is 3.90. The minimum atomic E-state index is -4.52. The van der Waals surface area contributed by atoms with Crippen LogP contribution in [-0.2, 0) is 15.8 Å². The molecule has 1 atom stereocenters. The summed E-state index contributed by atoms with van der Waals surface area (Å²) in [6, 6.07) is 10.7. The standard InChI is InChI=1S/C19H15F3N4O3S/c20-19(21,22)12-5-3-6-13(8-12)24-16(28)9-15-17(29)25-18(30-15)26-23-10-11-4-1-2-7-14(11)27/h1-8,10,15,27H,9H2,(H,24,28)(H,25,26,29)/b23-10+. The molecule has 2 amide bonds. The van der Waals surface area contributed by atoms with Crippen LogP contribution >= 0.6 is 11.8 Å². The van der Waals surface area contributed by atoms with E-state index in [2.05, 4.69) is 20.8 Å². The molecule has 1 unspecified atom stereocenters. The number of anilines is 1. The number of amidine groups is 1. The molecule has 3 rings (SSSR count). The van der Waals surface area contributed by atoms with Crippen LogP contribution in [0, 0.1) is 0 Å². The van der Waals surface area contributed by atoms with Crippen LogP contribution in [0.5, 0.6) is 5.75 Å². The van der Waals surface area contributed by atoms with Crippen LogP contribution in [0.1, 0.15) is 17.5 Å². The minimum Gasteiger partial charge on any atom is -0.507 e. The number of phenols is 1. The monoisotopic (exact) mass is 436 g/mol. The highest BCUT2D eigenvalue weighted by molar-refractivity contribution is 8.15. The van der Waals surface area contributed by atoms with Crippen molar-refractivity contribution < 1.29 is 27.9 Å². The molecule has 0 aliphatic carbocycles. The van der Waals surface area contributed by atoms with Gasteiger partial charge in [-0.3, -0.25) is 9.59 Å². The first kappa shape index (κ1) is 21.4. The molecular formula is C19H15F3N4O3S. The topological polar surface area (TPSA) is 103 Å². The van der Waals surface area contributed by atoms with E-state index in [0.717, 1.165) is 23.9 Å². The molecule has 1 heterocycles. The molecule has 0 radical (unpaired) electrons. The van der Waals surface area contributed by atoms with Crippen molar-refractivity contribution in [2.45, 2.75) is 17.8 Å². The lowest BCUT2D eigenvalue weighted by molar-refractivity contribution is -0.137. The molecule has 30 heavy (non-hydrogen) atoms. The number of phenolic OH excluding ortho intramolecular Hbond substituents is 1. The summed E-state index contributed by atoms with van der Waals surface area (Å²) < 4.78 is 38.3. The van der Waals surface area contributed by atoms with Gasteiger partial charge in [-0.2, -0.15) is 18.3 Å². The fourth-order valence-corrected chi connectivity index (χ4v) is 3.40. The molecule has 1 aliphatic heterocycles. The van der Waals surface area contributed by atoms with Gasteiger partial charge in [-0.1, -0.05) is 30.0 Å². The molecule has 7 nitrogen and oxygen atoms in total. The lowest BCUT2D eigenvalue weighted by Crippen LogP contribution is -2.28. The van der Waals surface area contributed by atoms with Gasteiger partial charge in [0.2, 0.25) is 11.8 Å². The molecule has 2 aromatic carbocycles. The van der Waals surface area contributed by atoms with Gasteiger partial charge in [0, 0.05) is 17.7 Å². The Morgan fingerprint density at radius 3 is 2.73 bits per heavy atom. The summed E-state index contributed by atoms with van der Waals surface area (Å²) in [5, 5.41) is 21.5. The van der Waals surface area contributed by atoms with Crippen LogP contribution in [0.3, 0.4) is 0 Å². The molecule has 2 aromatic rings. The molecule has 156 valence electrons. The van der Waals surface area contributed by atoms with E-state index in [4.69, 9.17) is 0 Å². The number of alkyl halides is 3. The van der Waals surface area contributed by atoms with E-state index in [9.17, 15) is 27.9 Å². The van der Waals surface area contributed by atoms with E-state index in [0.29, 0.717) is 5.56 Å². The zero-order chi connectivity index (χ0) is 21.7. The van der Waals surface area contributed by atoms with Gasteiger partial charge in [-0.25, -0.2) is 0 Å². The number of halogens is 3. The summed E-state index contributed by atoms with van der Waals surface area (Å²) >= 11 is 0.977. The molecule has 1 fully saturated rings. The Hall–Kier alpha value is -3.34. The van der Waals surface area contributed by atoms with Crippen LogP contribution < -0.4 is 10.6 Å². The van der Waals surface area contributed by atoms with E-state index in [1.807, 2.05) is 0 Å². The van der Waals surface area contributed by atoms with Gasteiger partial charge in [0.25, 0.3) is 0 Å². The lowest BCUT2D eigenvalue weighted by atomic mass is 10.2. The molecule has 0 aromatic heterocycles. The Balaban J connectivity index is 1.58. The number of amides is 2. The highest BCUT2D eigenvalue weighted by Crippen LogP contribution is 2.31. The van der Waals surface area contributed by atoms with Gasteiger partial charge in [-0.15, -0.1) is 5.10 Å². The van der Waals surface area contributed by atoms with Crippen molar-refractivity contribution in [2.75, 3.05) is 5.32 Å². The van der Waals surface area contributed by atoms with Crippen molar-refractivity contribution >= 4 is 40.6 Å². The van der Waals surface area contributed by atoms with Gasteiger partial charge in [0.05, 0.1) is 11.8 Å². The Kier molecular flexibility index (Phi) is 6.40. The summed E-state index contributed by atoms with van der Waals surface area (Å²) in [5.74, 6) is -1.05. The van der Waals surface area contributed by atoms with Crippen LogP contribution in [0.15, 0.2) is 58.7 Å². The third kappa shape index (κ3) is 5.60. The number of hydrogen-bond acceptors (Lipinski definition) is 6. The molecule has 11 heteroatoms. The Labute approximate surface area is 173 Å². The first-order valence-electron chi connectivity index (χ1n) is 8.56. The SMILES string of the molecule is O=C(CC1SC(=N/N=C/c2ccccc2O)NC1=O)Nc1cccc(C(F)(F)F)c1. The molecule has 0 saturated carbocycles. The van der Waals surface area contributed by atoms with Crippen LogP contribution in [0.4, 0.5) is 18.9 Å². The molecule has 0 bridgehead atoms.